The molecule has 0 saturated heterocycles. The van der Waals surface area contributed by atoms with Crippen LogP contribution in [0.5, 0.6) is 0 Å². The van der Waals surface area contributed by atoms with Gasteiger partial charge in [0.25, 0.3) is 0 Å². The van der Waals surface area contributed by atoms with E-state index >= 15 is 0 Å². The van der Waals surface area contributed by atoms with Crippen LogP contribution in [0, 0.1) is 0 Å². The van der Waals surface area contributed by atoms with E-state index in [0.29, 0.717) is 0 Å². The zero-order chi connectivity index (χ0) is 17.9. The second-order valence-electron chi connectivity index (χ2n) is 8.13. The Labute approximate surface area is 179 Å². The van der Waals surface area contributed by atoms with E-state index in [9.17, 15) is 0 Å². The highest BCUT2D eigenvalue weighted by Crippen LogP contribution is 2.61. The summed E-state index contributed by atoms with van der Waals surface area (Å²) in [5.74, 6) is 0. The molecule has 0 N–H and O–H groups in total. The van der Waals surface area contributed by atoms with Crippen molar-refractivity contribution >= 4 is 7.26 Å². The van der Waals surface area contributed by atoms with E-state index in [1.54, 1.807) is 31.1 Å². The van der Waals surface area contributed by atoms with Gasteiger partial charge >= 0.3 is 0 Å². The van der Waals surface area contributed by atoms with E-state index in [1.807, 2.05) is 0 Å². The van der Waals surface area contributed by atoms with Crippen LogP contribution in [0.3, 0.4) is 0 Å². The Balaban J connectivity index is 0. The lowest BCUT2D eigenvalue weighted by molar-refractivity contribution is -0.00000557. The SMILES string of the molecule is CCCCCCCCCCC[P+](CCCC)(CCCC)CCCC.[I-]. The van der Waals surface area contributed by atoms with Crippen LogP contribution in [0.15, 0.2) is 0 Å². The fourth-order valence-electron chi connectivity index (χ4n) is 3.91. The highest BCUT2D eigenvalue weighted by atomic mass is 127. The summed E-state index contributed by atoms with van der Waals surface area (Å²) >= 11 is 0. The molecule has 0 rings (SSSR count). The maximum absolute atomic E-state index is 2.38. The Kier molecular flexibility index (Phi) is 24.4. The van der Waals surface area contributed by atoms with Gasteiger partial charge in [-0.2, -0.15) is 0 Å². The van der Waals surface area contributed by atoms with Gasteiger partial charge in [0, 0.05) is 7.26 Å². The predicted molar refractivity (Wildman–Crippen MR) is 118 cm³/mol. The molecule has 0 spiro atoms. The molecule has 0 aliphatic rings. The van der Waals surface area contributed by atoms with Crippen LogP contribution in [0.4, 0.5) is 0 Å². The van der Waals surface area contributed by atoms with Crippen LogP contribution in [0.1, 0.15) is 124 Å². The monoisotopic (exact) mass is 484 g/mol. The molecule has 0 unspecified atom stereocenters. The van der Waals surface area contributed by atoms with Gasteiger partial charge in [-0.15, -0.1) is 0 Å². The predicted octanol–water partition coefficient (Wildman–Crippen LogP) is 5.94. The summed E-state index contributed by atoms with van der Waals surface area (Å²) in [7, 11) is -0.616. The fourth-order valence-corrected chi connectivity index (χ4v) is 9.11. The highest BCUT2D eigenvalue weighted by molar-refractivity contribution is 7.75. The Bertz CT molecular complexity index is 220. The average Bonchev–Trinajstić information content (AvgIpc) is 2.61. The van der Waals surface area contributed by atoms with Gasteiger partial charge in [0.2, 0.25) is 0 Å². The topological polar surface area (TPSA) is 0 Å². The lowest BCUT2D eigenvalue weighted by Gasteiger charge is -2.28. The molecule has 2 heteroatoms. The standard InChI is InChI=1S/C23H50P.HI/c1-5-9-13-14-15-16-17-18-19-23-24(20-10-6-2,21-11-7-3)22-12-8-4;/h5-23H2,1-4H3;1H/q+1;/p-1. The van der Waals surface area contributed by atoms with Gasteiger partial charge in [0.1, 0.15) is 0 Å². The van der Waals surface area contributed by atoms with Gasteiger partial charge in [-0.05, 0) is 32.1 Å². The van der Waals surface area contributed by atoms with Crippen LogP contribution in [0.2, 0.25) is 0 Å². The van der Waals surface area contributed by atoms with E-state index in [1.165, 1.54) is 89.9 Å². The summed E-state index contributed by atoms with van der Waals surface area (Å²) in [6, 6.07) is 0. The summed E-state index contributed by atoms with van der Waals surface area (Å²) in [5, 5.41) is 0. The van der Waals surface area contributed by atoms with Crippen molar-refractivity contribution in [1.82, 2.24) is 0 Å². The summed E-state index contributed by atoms with van der Waals surface area (Å²) in [4.78, 5) is 0. The lowest BCUT2D eigenvalue weighted by atomic mass is 10.1. The molecular weight excluding hydrogens is 434 g/mol. The first kappa shape index (κ1) is 28.4. The fraction of sp³-hybridized carbons (Fsp3) is 1.00. The normalized spacial score (nSPS) is 11.5. The van der Waals surface area contributed by atoms with Gasteiger partial charge < -0.3 is 24.0 Å². The molecule has 0 heterocycles. The molecule has 0 radical (unpaired) electrons. The summed E-state index contributed by atoms with van der Waals surface area (Å²) in [5.41, 5.74) is 0. The largest absolute Gasteiger partial charge is 1.00 e. The molecule has 0 bridgehead atoms. The third kappa shape index (κ3) is 17.0. The molecule has 0 aromatic rings. The van der Waals surface area contributed by atoms with Crippen LogP contribution in [-0.4, -0.2) is 24.6 Å². The highest BCUT2D eigenvalue weighted by Gasteiger charge is 2.34. The second-order valence-corrected chi connectivity index (χ2v) is 12.6. The quantitative estimate of drug-likeness (QED) is 0.121. The van der Waals surface area contributed by atoms with E-state index < -0.39 is 7.26 Å². The van der Waals surface area contributed by atoms with Crippen molar-refractivity contribution in [3.8, 4) is 0 Å². The van der Waals surface area contributed by atoms with E-state index in [-0.39, 0.29) is 24.0 Å². The van der Waals surface area contributed by atoms with Crippen molar-refractivity contribution in [2.75, 3.05) is 24.6 Å². The molecule has 0 aromatic heterocycles. The van der Waals surface area contributed by atoms with Gasteiger partial charge in [0.05, 0.1) is 24.6 Å². The minimum atomic E-state index is -0.616. The zero-order valence-corrected chi connectivity index (χ0v) is 21.3. The molecular formula is C23H50IP. The first-order chi connectivity index (χ1) is 11.7. The Morgan fingerprint density at radius 2 is 0.640 bits per heavy atom. The number of rotatable bonds is 19. The van der Waals surface area contributed by atoms with Crippen molar-refractivity contribution < 1.29 is 24.0 Å². The molecule has 0 amide bonds. The molecule has 154 valence electrons. The number of hydrogen-bond donors (Lipinski definition) is 0. The molecule has 0 atom stereocenters. The molecule has 0 fully saturated rings. The van der Waals surface area contributed by atoms with Crippen molar-refractivity contribution in [3.05, 3.63) is 0 Å². The molecule has 0 aliphatic heterocycles. The second kappa shape index (κ2) is 21.5. The number of halogens is 1. The summed E-state index contributed by atoms with van der Waals surface area (Å²) in [6.07, 6.45) is 28.5. The van der Waals surface area contributed by atoms with Gasteiger partial charge in [-0.3, -0.25) is 0 Å². The third-order valence-corrected chi connectivity index (χ3v) is 10.8. The summed E-state index contributed by atoms with van der Waals surface area (Å²) in [6.45, 7) is 9.46. The molecule has 0 saturated carbocycles. The van der Waals surface area contributed by atoms with Crippen LogP contribution in [-0.2, 0) is 0 Å². The Morgan fingerprint density at radius 1 is 0.360 bits per heavy atom. The zero-order valence-electron chi connectivity index (χ0n) is 18.3. The molecule has 0 aromatic carbocycles. The number of unbranched alkanes of at least 4 members (excludes halogenated alkanes) is 11. The molecule has 25 heavy (non-hydrogen) atoms. The Morgan fingerprint density at radius 3 is 1.00 bits per heavy atom. The van der Waals surface area contributed by atoms with Crippen LogP contribution >= 0.6 is 7.26 Å². The van der Waals surface area contributed by atoms with E-state index in [0.717, 1.165) is 0 Å². The van der Waals surface area contributed by atoms with Gasteiger partial charge in [0.15, 0.2) is 0 Å². The minimum absolute atomic E-state index is 0. The summed E-state index contributed by atoms with van der Waals surface area (Å²) < 4.78 is 0. The maximum Gasteiger partial charge on any atom is 0.0594 e. The maximum atomic E-state index is 2.38. The van der Waals surface area contributed by atoms with E-state index in [4.69, 9.17) is 0 Å². The molecule has 0 aliphatic carbocycles. The van der Waals surface area contributed by atoms with Crippen molar-refractivity contribution in [2.45, 2.75) is 124 Å². The average molecular weight is 485 g/mol. The van der Waals surface area contributed by atoms with Gasteiger partial charge in [-0.1, -0.05) is 91.9 Å². The first-order valence-electron chi connectivity index (χ1n) is 11.6. The van der Waals surface area contributed by atoms with Gasteiger partial charge in [-0.25, -0.2) is 0 Å². The van der Waals surface area contributed by atoms with Crippen molar-refractivity contribution in [3.63, 3.8) is 0 Å². The Hall–Kier alpha value is 1.16. The van der Waals surface area contributed by atoms with Crippen LogP contribution in [0.25, 0.3) is 0 Å². The third-order valence-electron chi connectivity index (χ3n) is 5.69. The number of hydrogen-bond acceptors (Lipinski definition) is 0. The molecule has 0 nitrogen and oxygen atoms in total. The van der Waals surface area contributed by atoms with Crippen LogP contribution < -0.4 is 24.0 Å². The van der Waals surface area contributed by atoms with Crippen molar-refractivity contribution in [1.29, 1.82) is 0 Å². The smallest absolute Gasteiger partial charge is 0.0594 e. The lowest BCUT2D eigenvalue weighted by Crippen LogP contribution is -3.00. The van der Waals surface area contributed by atoms with Crippen molar-refractivity contribution in [2.24, 2.45) is 0 Å². The first-order valence-corrected chi connectivity index (χ1v) is 14.1. The minimum Gasteiger partial charge on any atom is -1.00 e. The van der Waals surface area contributed by atoms with E-state index in [2.05, 4.69) is 27.7 Å².